The Kier molecular flexibility index (Phi) is 3.76. The van der Waals surface area contributed by atoms with Gasteiger partial charge in [0.05, 0.1) is 0 Å². The second-order valence-corrected chi connectivity index (χ2v) is 7.12. The molecule has 0 bridgehead atoms. The van der Waals surface area contributed by atoms with E-state index in [1.807, 2.05) is 6.33 Å². The summed E-state index contributed by atoms with van der Waals surface area (Å²) < 4.78 is 2.14. The van der Waals surface area contributed by atoms with Crippen molar-refractivity contribution in [1.29, 1.82) is 0 Å². The van der Waals surface area contributed by atoms with Crippen LogP contribution in [0.1, 0.15) is 58.2 Å². The summed E-state index contributed by atoms with van der Waals surface area (Å²) in [6, 6.07) is 0. The van der Waals surface area contributed by atoms with Crippen LogP contribution >= 0.6 is 0 Å². The van der Waals surface area contributed by atoms with Crippen molar-refractivity contribution in [3.05, 3.63) is 12.2 Å². The molecule has 1 aliphatic heterocycles. The number of hydrogen-bond donors (Lipinski definition) is 0. The van der Waals surface area contributed by atoms with Crippen LogP contribution in [0, 0.1) is 11.3 Å². The quantitative estimate of drug-likeness (QED) is 0.856. The Labute approximate surface area is 126 Å². The lowest BCUT2D eigenvalue weighted by molar-refractivity contribution is -0.131. The van der Waals surface area contributed by atoms with Gasteiger partial charge >= 0.3 is 0 Å². The largest absolute Gasteiger partial charge is 0.341 e. The van der Waals surface area contributed by atoms with E-state index in [1.165, 1.54) is 19.3 Å². The summed E-state index contributed by atoms with van der Waals surface area (Å²) in [5, 5.41) is 8.47. The minimum atomic E-state index is 0.270. The number of rotatable bonds is 4. The molecule has 5 nitrogen and oxygen atoms in total. The molecule has 116 valence electrons. The van der Waals surface area contributed by atoms with Crippen LogP contribution in [0.4, 0.5) is 0 Å². The van der Waals surface area contributed by atoms with E-state index in [0.29, 0.717) is 24.2 Å². The van der Waals surface area contributed by atoms with Crippen molar-refractivity contribution in [1.82, 2.24) is 19.7 Å². The van der Waals surface area contributed by atoms with Gasteiger partial charge < -0.3 is 9.47 Å². The van der Waals surface area contributed by atoms with Crippen molar-refractivity contribution in [3.63, 3.8) is 0 Å². The molecule has 2 fully saturated rings. The Morgan fingerprint density at radius 1 is 1.48 bits per heavy atom. The summed E-state index contributed by atoms with van der Waals surface area (Å²) >= 11 is 0. The number of hydrogen-bond acceptors (Lipinski definition) is 3. The topological polar surface area (TPSA) is 51.0 Å². The van der Waals surface area contributed by atoms with Crippen LogP contribution in [-0.4, -0.2) is 38.7 Å². The average Bonchev–Trinajstić information content (AvgIpc) is 3.00. The predicted octanol–water partition coefficient (Wildman–Crippen LogP) is 2.44. The van der Waals surface area contributed by atoms with E-state index < -0.39 is 0 Å². The summed E-state index contributed by atoms with van der Waals surface area (Å²) in [6.07, 6.45) is 6.20. The highest BCUT2D eigenvalue weighted by Gasteiger charge is 2.53. The summed E-state index contributed by atoms with van der Waals surface area (Å²) in [5.74, 6) is 2.18. The van der Waals surface area contributed by atoms with Crippen molar-refractivity contribution < 1.29 is 4.79 Å². The van der Waals surface area contributed by atoms with E-state index in [0.717, 1.165) is 25.5 Å². The maximum Gasteiger partial charge on any atom is 0.222 e. The Hall–Kier alpha value is -1.39. The van der Waals surface area contributed by atoms with Gasteiger partial charge in [0.1, 0.15) is 12.2 Å². The molecular formula is C16H26N4O. The monoisotopic (exact) mass is 290 g/mol. The average molecular weight is 290 g/mol. The van der Waals surface area contributed by atoms with Crippen molar-refractivity contribution in [2.24, 2.45) is 11.3 Å². The lowest BCUT2D eigenvalue weighted by Gasteiger charge is -2.42. The molecule has 5 heteroatoms. The molecule has 1 aromatic rings. The zero-order valence-corrected chi connectivity index (χ0v) is 13.4. The lowest BCUT2D eigenvalue weighted by Crippen LogP contribution is -2.38. The van der Waals surface area contributed by atoms with E-state index in [4.69, 9.17) is 0 Å². The van der Waals surface area contributed by atoms with Crippen LogP contribution in [0.25, 0.3) is 0 Å². The molecule has 3 rings (SSSR count). The maximum absolute atomic E-state index is 12.4. The molecule has 0 aromatic carbocycles. The number of amides is 1. The number of likely N-dealkylation sites (tertiary alicyclic amines) is 1. The normalized spacial score (nSPS) is 23.8. The van der Waals surface area contributed by atoms with E-state index in [9.17, 15) is 4.79 Å². The number of carbonyl (C=O) groups excluding carboxylic acids is 1. The van der Waals surface area contributed by atoms with E-state index >= 15 is 0 Å². The van der Waals surface area contributed by atoms with Gasteiger partial charge in [-0.1, -0.05) is 20.3 Å². The van der Waals surface area contributed by atoms with Crippen molar-refractivity contribution >= 4 is 5.91 Å². The molecule has 1 atom stereocenters. The molecule has 21 heavy (non-hydrogen) atoms. The zero-order valence-electron chi connectivity index (χ0n) is 13.4. The summed E-state index contributed by atoms with van der Waals surface area (Å²) in [5.41, 5.74) is 0.270. The first-order chi connectivity index (χ1) is 10.1. The predicted molar refractivity (Wildman–Crippen MR) is 80.8 cm³/mol. The minimum Gasteiger partial charge on any atom is -0.341 e. The maximum atomic E-state index is 12.4. The molecule has 1 aliphatic carbocycles. The highest BCUT2D eigenvalue weighted by molar-refractivity contribution is 5.77. The molecule has 1 saturated carbocycles. The fraction of sp³-hybridized carbons (Fsp3) is 0.812. The fourth-order valence-corrected chi connectivity index (χ4v) is 3.91. The number of nitrogens with zero attached hydrogens (tertiary/aromatic N) is 4. The van der Waals surface area contributed by atoms with Crippen molar-refractivity contribution in [2.45, 2.75) is 58.9 Å². The van der Waals surface area contributed by atoms with Gasteiger partial charge in [0.15, 0.2) is 0 Å². The second-order valence-electron chi connectivity index (χ2n) is 7.12. The van der Waals surface area contributed by atoms with Crippen LogP contribution in [-0.2, 0) is 11.3 Å². The molecule has 0 N–H and O–H groups in total. The van der Waals surface area contributed by atoms with Crippen molar-refractivity contribution in [2.75, 3.05) is 13.1 Å². The highest BCUT2D eigenvalue weighted by Crippen LogP contribution is 2.55. The fourth-order valence-electron chi connectivity index (χ4n) is 3.91. The molecule has 1 amide bonds. The Bertz CT molecular complexity index is 518. The molecule has 1 aromatic heterocycles. The van der Waals surface area contributed by atoms with E-state index in [2.05, 4.69) is 40.4 Å². The summed E-state index contributed by atoms with van der Waals surface area (Å²) in [6.45, 7) is 8.98. The second kappa shape index (κ2) is 5.43. The van der Waals surface area contributed by atoms with Gasteiger partial charge in [0, 0.05) is 32.0 Å². The number of aromatic nitrogens is 3. The first-order valence-electron chi connectivity index (χ1n) is 8.21. The van der Waals surface area contributed by atoms with Gasteiger partial charge in [-0.25, -0.2) is 0 Å². The Balaban J connectivity index is 1.82. The van der Waals surface area contributed by atoms with Gasteiger partial charge in [-0.3, -0.25) is 4.79 Å². The molecular weight excluding hydrogens is 264 g/mol. The molecule has 1 spiro atoms. The Morgan fingerprint density at radius 3 is 2.81 bits per heavy atom. The van der Waals surface area contributed by atoms with Crippen LogP contribution in [0.5, 0.6) is 0 Å². The standard InChI is InChI=1S/C16H26N4O/c1-4-19-11-17-18-15(19)13-9-20(14(21)8-12(2)3)10-16(13)6-5-7-16/h11-13H,4-10H2,1-3H3. The van der Waals surface area contributed by atoms with Gasteiger partial charge in [-0.15, -0.1) is 10.2 Å². The molecule has 0 radical (unpaired) electrons. The van der Waals surface area contributed by atoms with Crippen LogP contribution in [0.3, 0.4) is 0 Å². The molecule has 1 unspecified atom stereocenters. The Morgan fingerprint density at radius 2 is 2.24 bits per heavy atom. The van der Waals surface area contributed by atoms with Crippen LogP contribution in [0.15, 0.2) is 6.33 Å². The minimum absolute atomic E-state index is 0.270. The lowest BCUT2D eigenvalue weighted by atomic mass is 9.62. The molecule has 2 heterocycles. The van der Waals surface area contributed by atoms with E-state index in [1.54, 1.807) is 0 Å². The number of carbonyl (C=O) groups is 1. The first-order valence-corrected chi connectivity index (χ1v) is 8.21. The third kappa shape index (κ3) is 2.47. The first kappa shape index (κ1) is 14.5. The SMILES string of the molecule is CCn1cnnc1C1CN(C(=O)CC(C)C)CC12CCC2. The smallest absolute Gasteiger partial charge is 0.222 e. The highest BCUT2D eigenvalue weighted by atomic mass is 16.2. The number of aryl methyl sites for hydroxylation is 1. The third-order valence-corrected chi connectivity index (χ3v) is 5.23. The van der Waals surface area contributed by atoms with Crippen LogP contribution < -0.4 is 0 Å². The summed E-state index contributed by atoms with van der Waals surface area (Å²) in [4.78, 5) is 14.5. The van der Waals surface area contributed by atoms with Crippen LogP contribution in [0.2, 0.25) is 0 Å². The zero-order chi connectivity index (χ0) is 15.0. The van der Waals surface area contributed by atoms with Gasteiger partial charge in [-0.2, -0.15) is 0 Å². The van der Waals surface area contributed by atoms with Gasteiger partial charge in [0.25, 0.3) is 0 Å². The van der Waals surface area contributed by atoms with E-state index in [-0.39, 0.29) is 5.41 Å². The molecule has 2 aliphatic rings. The van der Waals surface area contributed by atoms with Gasteiger partial charge in [-0.05, 0) is 31.1 Å². The van der Waals surface area contributed by atoms with Crippen molar-refractivity contribution in [3.8, 4) is 0 Å². The third-order valence-electron chi connectivity index (χ3n) is 5.23. The molecule has 1 saturated heterocycles. The summed E-state index contributed by atoms with van der Waals surface area (Å²) in [7, 11) is 0. The van der Waals surface area contributed by atoms with Gasteiger partial charge in [0.2, 0.25) is 5.91 Å².